The number of rotatable bonds is 9. The summed E-state index contributed by atoms with van der Waals surface area (Å²) in [5.74, 6) is 0.0593. The minimum Gasteiger partial charge on any atom is -0.383 e. The number of nitrogens with one attached hydrogen (secondary N) is 2. The second kappa shape index (κ2) is 9.57. The van der Waals surface area contributed by atoms with Crippen molar-refractivity contribution < 1.29 is 9.53 Å². The van der Waals surface area contributed by atoms with Crippen LogP contribution in [0.5, 0.6) is 0 Å². The normalized spacial score (nSPS) is 12.8. The molecular weight excluding hydrogens is 206 g/mol. The summed E-state index contributed by atoms with van der Waals surface area (Å²) in [6, 6.07) is -0.0892. The maximum atomic E-state index is 11.7. The highest BCUT2D eigenvalue weighted by atomic mass is 16.5. The number of amides is 1. The van der Waals surface area contributed by atoms with Gasteiger partial charge in [0.05, 0.1) is 12.6 Å². The summed E-state index contributed by atoms with van der Waals surface area (Å²) in [5.41, 5.74) is 0. The minimum absolute atomic E-state index is 0.0593. The van der Waals surface area contributed by atoms with Crippen molar-refractivity contribution in [2.45, 2.75) is 19.4 Å². The van der Waals surface area contributed by atoms with Crippen LogP contribution in [0.25, 0.3) is 0 Å². The number of methoxy groups -OCH3 is 1. The smallest absolute Gasteiger partial charge is 0.237 e. The molecule has 5 heteroatoms. The molecule has 2 N–H and O–H groups in total. The maximum absolute atomic E-state index is 11.7. The summed E-state index contributed by atoms with van der Waals surface area (Å²) >= 11 is 0. The molecule has 0 bridgehead atoms. The molecule has 0 saturated heterocycles. The molecule has 0 aromatic rings. The van der Waals surface area contributed by atoms with Crippen LogP contribution in [0.3, 0.4) is 0 Å². The summed E-state index contributed by atoms with van der Waals surface area (Å²) in [4.78, 5) is 13.7. The quantitative estimate of drug-likeness (QED) is 0.534. The van der Waals surface area contributed by atoms with Crippen LogP contribution >= 0.6 is 0 Å². The zero-order valence-corrected chi connectivity index (χ0v) is 10.9. The molecule has 1 amide bonds. The third-order valence-corrected chi connectivity index (χ3v) is 2.58. The average molecular weight is 231 g/mol. The number of nitrogens with zero attached hydrogens (tertiary/aromatic N) is 1. The lowest BCUT2D eigenvalue weighted by Crippen LogP contribution is -2.44. The Morgan fingerprint density at radius 1 is 1.44 bits per heavy atom. The largest absolute Gasteiger partial charge is 0.383 e. The highest BCUT2D eigenvalue weighted by molar-refractivity contribution is 5.81. The number of likely N-dealkylation sites (N-methyl/N-ethyl adjacent to an activating group) is 1. The van der Waals surface area contributed by atoms with E-state index in [1.165, 1.54) is 0 Å². The van der Waals surface area contributed by atoms with Crippen LogP contribution in [-0.4, -0.2) is 64.3 Å². The first-order valence-electron chi connectivity index (χ1n) is 5.75. The topological polar surface area (TPSA) is 53.6 Å². The van der Waals surface area contributed by atoms with Gasteiger partial charge in [0.15, 0.2) is 0 Å². The molecule has 0 radical (unpaired) electrons. The molecular formula is C11H25N3O2. The van der Waals surface area contributed by atoms with E-state index in [1.54, 1.807) is 7.11 Å². The molecule has 0 saturated carbocycles. The molecule has 0 aliphatic carbocycles. The third kappa shape index (κ3) is 6.76. The van der Waals surface area contributed by atoms with Gasteiger partial charge in [-0.1, -0.05) is 0 Å². The third-order valence-electron chi connectivity index (χ3n) is 2.58. The van der Waals surface area contributed by atoms with Gasteiger partial charge in [-0.2, -0.15) is 0 Å². The van der Waals surface area contributed by atoms with Crippen molar-refractivity contribution in [3.8, 4) is 0 Å². The molecule has 16 heavy (non-hydrogen) atoms. The highest BCUT2D eigenvalue weighted by Gasteiger charge is 2.16. The Morgan fingerprint density at radius 2 is 2.12 bits per heavy atom. The van der Waals surface area contributed by atoms with E-state index in [9.17, 15) is 4.79 Å². The zero-order valence-electron chi connectivity index (χ0n) is 10.9. The fourth-order valence-electron chi connectivity index (χ4n) is 1.32. The molecule has 0 heterocycles. The lowest BCUT2D eigenvalue weighted by atomic mass is 10.2. The predicted molar refractivity (Wildman–Crippen MR) is 65.5 cm³/mol. The number of carbonyl (C=O) groups is 1. The lowest BCUT2D eigenvalue weighted by molar-refractivity contribution is -0.125. The first-order valence-corrected chi connectivity index (χ1v) is 5.75. The van der Waals surface area contributed by atoms with Gasteiger partial charge in [-0.25, -0.2) is 0 Å². The van der Waals surface area contributed by atoms with Gasteiger partial charge >= 0.3 is 0 Å². The molecule has 0 spiro atoms. The zero-order chi connectivity index (χ0) is 12.4. The molecule has 0 fully saturated rings. The SMILES string of the molecule is CNCCCN(C)C(C)C(=O)NCCOC. The highest BCUT2D eigenvalue weighted by Crippen LogP contribution is 1.96. The van der Waals surface area contributed by atoms with Crippen LogP contribution in [0.1, 0.15) is 13.3 Å². The van der Waals surface area contributed by atoms with E-state index in [4.69, 9.17) is 4.74 Å². The van der Waals surface area contributed by atoms with Gasteiger partial charge < -0.3 is 15.4 Å². The van der Waals surface area contributed by atoms with Crippen LogP contribution in [0.4, 0.5) is 0 Å². The molecule has 0 aliphatic heterocycles. The van der Waals surface area contributed by atoms with Gasteiger partial charge in [0.25, 0.3) is 0 Å². The van der Waals surface area contributed by atoms with Gasteiger partial charge in [0, 0.05) is 13.7 Å². The Morgan fingerprint density at radius 3 is 2.69 bits per heavy atom. The molecule has 5 nitrogen and oxygen atoms in total. The summed E-state index contributed by atoms with van der Waals surface area (Å²) < 4.78 is 4.88. The Balaban J connectivity index is 3.73. The van der Waals surface area contributed by atoms with Crippen LogP contribution in [0.2, 0.25) is 0 Å². The molecule has 1 atom stereocenters. The number of ether oxygens (including phenoxy) is 1. The molecule has 0 aromatic heterocycles. The van der Waals surface area contributed by atoms with Crippen molar-refractivity contribution in [2.75, 3.05) is 47.4 Å². The first kappa shape index (κ1) is 15.3. The monoisotopic (exact) mass is 231 g/mol. The number of hydrogen-bond donors (Lipinski definition) is 2. The Hall–Kier alpha value is -0.650. The summed E-state index contributed by atoms with van der Waals surface area (Å²) in [6.07, 6.45) is 1.04. The maximum Gasteiger partial charge on any atom is 0.237 e. The van der Waals surface area contributed by atoms with Gasteiger partial charge in [-0.3, -0.25) is 9.69 Å². The summed E-state index contributed by atoms with van der Waals surface area (Å²) in [6.45, 7) is 4.94. The van der Waals surface area contributed by atoms with E-state index < -0.39 is 0 Å². The predicted octanol–water partition coefficient (Wildman–Crippen LogP) is -0.321. The summed E-state index contributed by atoms with van der Waals surface area (Å²) in [5, 5.41) is 5.92. The van der Waals surface area contributed by atoms with E-state index in [-0.39, 0.29) is 11.9 Å². The van der Waals surface area contributed by atoms with Crippen molar-refractivity contribution >= 4 is 5.91 Å². The Labute approximate surface area is 98.5 Å². The van der Waals surface area contributed by atoms with Crippen molar-refractivity contribution in [1.29, 1.82) is 0 Å². The molecule has 1 unspecified atom stereocenters. The van der Waals surface area contributed by atoms with Crippen LogP contribution in [0.15, 0.2) is 0 Å². The van der Waals surface area contributed by atoms with Gasteiger partial charge in [0.2, 0.25) is 5.91 Å². The standard InChI is InChI=1S/C11H25N3O2/c1-10(11(15)13-7-9-16-4)14(3)8-5-6-12-2/h10,12H,5-9H2,1-4H3,(H,13,15). The molecule has 0 rings (SSSR count). The van der Waals surface area contributed by atoms with E-state index in [1.807, 2.05) is 21.0 Å². The average Bonchev–Trinajstić information content (AvgIpc) is 2.28. The van der Waals surface area contributed by atoms with Crippen molar-refractivity contribution in [3.63, 3.8) is 0 Å². The Kier molecular flexibility index (Phi) is 9.18. The van der Waals surface area contributed by atoms with Gasteiger partial charge in [-0.15, -0.1) is 0 Å². The van der Waals surface area contributed by atoms with Crippen molar-refractivity contribution in [1.82, 2.24) is 15.5 Å². The molecule has 96 valence electrons. The van der Waals surface area contributed by atoms with Crippen LogP contribution < -0.4 is 10.6 Å². The van der Waals surface area contributed by atoms with Crippen LogP contribution in [0, 0.1) is 0 Å². The second-order valence-electron chi connectivity index (χ2n) is 3.90. The van der Waals surface area contributed by atoms with E-state index in [0.717, 1.165) is 19.5 Å². The fraction of sp³-hybridized carbons (Fsp3) is 0.909. The first-order chi connectivity index (χ1) is 7.63. The van der Waals surface area contributed by atoms with E-state index in [0.29, 0.717) is 13.2 Å². The summed E-state index contributed by atoms with van der Waals surface area (Å²) in [7, 11) is 5.52. The number of hydrogen-bond acceptors (Lipinski definition) is 4. The van der Waals surface area contributed by atoms with Crippen LogP contribution in [-0.2, 0) is 9.53 Å². The molecule has 0 aromatic carbocycles. The lowest BCUT2D eigenvalue weighted by Gasteiger charge is -2.23. The second-order valence-corrected chi connectivity index (χ2v) is 3.90. The fourth-order valence-corrected chi connectivity index (χ4v) is 1.32. The van der Waals surface area contributed by atoms with Crippen molar-refractivity contribution in [3.05, 3.63) is 0 Å². The van der Waals surface area contributed by atoms with Gasteiger partial charge in [-0.05, 0) is 40.5 Å². The number of carbonyl (C=O) groups excluding carboxylic acids is 1. The van der Waals surface area contributed by atoms with Gasteiger partial charge in [0.1, 0.15) is 0 Å². The Bertz CT molecular complexity index is 188. The van der Waals surface area contributed by atoms with E-state index in [2.05, 4.69) is 15.5 Å². The molecule has 0 aliphatic rings. The minimum atomic E-state index is -0.0892. The van der Waals surface area contributed by atoms with E-state index >= 15 is 0 Å². The van der Waals surface area contributed by atoms with Crippen molar-refractivity contribution in [2.24, 2.45) is 0 Å².